The lowest BCUT2D eigenvalue weighted by atomic mass is 10.2. The van der Waals surface area contributed by atoms with Crippen molar-refractivity contribution in [2.75, 3.05) is 0 Å². The molecule has 1 aliphatic rings. The zero-order valence-electron chi connectivity index (χ0n) is 10.4. The molecule has 0 aliphatic heterocycles. The number of hydrogen-bond donors (Lipinski definition) is 0. The van der Waals surface area contributed by atoms with Gasteiger partial charge in [0.1, 0.15) is 0 Å². The van der Waals surface area contributed by atoms with Crippen molar-refractivity contribution in [2.24, 2.45) is 0 Å². The molecule has 0 fully saturated rings. The SMILES string of the molecule is CC(=O)C1=CC([N+](=O)[O-])=C(Sc2cccc(Cl)c2Cl)C1. The highest BCUT2D eigenvalue weighted by Crippen LogP contribution is 2.42. The van der Waals surface area contributed by atoms with Gasteiger partial charge in [-0.05, 0) is 19.1 Å². The molecule has 7 heteroatoms. The first-order chi connectivity index (χ1) is 9.40. The van der Waals surface area contributed by atoms with E-state index in [-0.39, 0.29) is 17.9 Å². The minimum atomic E-state index is -0.489. The molecular formula is C13H9Cl2NO3S. The van der Waals surface area contributed by atoms with E-state index in [1.807, 2.05) is 0 Å². The fourth-order valence-corrected chi connectivity index (χ4v) is 3.27. The summed E-state index contributed by atoms with van der Waals surface area (Å²) in [6.07, 6.45) is 1.57. The van der Waals surface area contributed by atoms with Gasteiger partial charge >= 0.3 is 0 Å². The second kappa shape index (κ2) is 5.99. The lowest BCUT2D eigenvalue weighted by Gasteiger charge is -2.06. The largest absolute Gasteiger partial charge is 0.295 e. The molecule has 1 aliphatic carbocycles. The molecule has 0 saturated heterocycles. The highest BCUT2D eigenvalue weighted by atomic mass is 35.5. The Morgan fingerprint density at radius 2 is 2.10 bits per heavy atom. The van der Waals surface area contributed by atoms with Gasteiger partial charge in [0.2, 0.25) is 0 Å². The Bertz CT molecular complexity index is 668. The van der Waals surface area contributed by atoms with Crippen LogP contribution in [0.15, 0.2) is 45.3 Å². The van der Waals surface area contributed by atoms with E-state index < -0.39 is 4.92 Å². The predicted octanol–water partition coefficient (Wildman–Crippen LogP) is 4.49. The number of ketones is 1. The summed E-state index contributed by atoms with van der Waals surface area (Å²) in [5.74, 6) is -0.169. The zero-order chi connectivity index (χ0) is 14.9. The van der Waals surface area contributed by atoms with Crippen LogP contribution < -0.4 is 0 Å². The van der Waals surface area contributed by atoms with E-state index in [2.05, 4.69) is 0 Å². The predicted molar refractivity (Wildman–Crippen MR) is 79.7 cm³/mol. The van der Waals surface area contributed by atoms with Crippen LogP contribution in [0.25, 0.3) is 0 Å². The van der Waals surface area contributed by atoms with Crippen molar-refractivity contribution in [2.45, 2.75) is 18.2 Å². The molecule has 0 amide bonds. The summed E-state index contributed by atoms with van der Waals surface area (Å²) < 4.78 is 0. The lowest BCUT2D eigenvalue weighted by molar-refractivity contribution is -0.419. The zero-order valence-corrected chi connectivity index (χ0v) is 12.7. The molecule has 0 N–H and O–H groups in total. The molecule has 1 aromatic rings. The maximum absolute atomic E-state index is 11.4. The smallest absolute Gasteiger partial charge is 0.279 e. The van der Waals surface area contributed by atoms with Gasteiger partial charge in [0.25, 0.3) is 5.70 Å². The first kappa shape index (κ1) is 15.1. The van der Waals surface area contributed by atoms with Crippen LogP contribution in [0.2, 0.25) is 10.0 Å². The molecule has 0 aromatic heterocycles. The summed E-state index contributed by atoms with van der Waals surface area (Å²) in [5.41, 5.74) is 0.369. The van der Waals surface area contributed by atoms with Crippen LogP contribution >= 0.6 is 35.0 Å². The fourth-order valence-electron chi connectivity index (χ4n) is 1.72. The number of hydrogen-bond acceptors (Lipinski definition) is 4. The van der Waals surface area contributed by atoms with E-state index in [0.29, 0.717) is 25.4 Å². The fraction of sp³-hybridized carbons (Fsp3) is 0.154. The number of halogens is 2. The Hall–Kier alpha value is -1.30. The van der Waals surface area contributed by atoms with Crippen LogP contribution in [-0.4, -0.2) is 10.7 Å². The third kappa shape index (κ3) is 3.06. The van der Waals surface area contributed by atoms with Gasteiger partial charge in [0, 0.05) is 23.0 Å². The molecular weight excluding hydrogens is 321 g/mol. The van der Waals surface area contributed by atoms with Gasteiger partial charge in [0.05, 0.1) is 19.9 Å². The summed E-state index contributed by atoms with van der Waals surface area (Å²) in [6, 6.07) is 5.09. The van der Waals surface area contributed by atoms with Crippen LogP contribution in [0.3, 0.4) is 0 Å². The number of carbonyl (C=O) groups is 1. The Kier molecular flexibility index (Phi) is 4.52. The molecule has 1 aromatic carbocycles. The summed E-state index contributed by atoms with van der Waals surface area (Å²) >= 11 is 13.2. The highest BCUT2D eigenvalue weighted by Gasteiger charge is 2.28. The summed E-state index contributed by atoms with van der Waals surface area (Å²) in [6.45, 7) is 1.39. The van der Waals surface area contributed by atoms with Gasteiger partial charge in [-0.2, -0.15) is 0 Å². The molecule has 2 rings (SSSR count). The number of Topliss-reactive ketones (excluding diaryl/α,β-unsaturated/α-hetero) is 1. The van der Waals surface area contributed by atoms with E-state index in [0.717, 1.165) is 0 Å². The average Bonchev–Trinajstić information content (AvgIpc) is 2.79. The van der Waals surface area contributed by atoms with Gasteiger partial charge in [-0.3, -0.25) is 14.9 Å². The van der Waals surface area contributed by atoms with E-state index in [1.54, 1.807) is 18.2 Å². The Labute approximate surface area is 129 Å². The van der Waals surface area contributed by atoms with Crippen LogP contribution in [-0.2, 0) is 4.79 Å². The van der Waals surface area contributed by atoms with Crippen molar-refractivity contribution in [1.82, 2.24) is 0 Å². The average molecular weight is 330 g/mol. The number of allylic oxidation sites excluding steroid dienone is 3. The summed E-state index contributed by atoms with van der Waals surface area (Å²) in [7, 11) is 0. The van der Waals surface area contributed by atoms with Gasteiger partial charge < -0.3 is 0 Å². The molecule has 0 bridgehead atoms. The number of benzene rings is 1. The minimum absolute atomic E-state index is 0.0590. The summed E-state index contributed by atoms with van der Waals surface area (Å²) in [4.78, 5) is 23.0. The maximum atomic E-state index is 11.4. The second-order valence-electron chi connectivity index (χ2n) is 4.12. The van der Waals surface area contributed by atoms with Crippen molar-refractivity contribution >= 4 is 40.7 Å². The van der Waals surface area contributed by atoms with E-state index in [4.69, 9.17) is 23.2 Å². The molecule has 0 atom stereocenters. The Morgan fingerprint density at radius 1 is 1.40 bits per heavy atom. The van der Waals surface area contributed by atoms with E-state index in [1.165, 1.54) is 24.8 Å². The van der Waals surface area contributed by atoms with Crippen molar-refractivity contribution in [3.05, 3.63) is 60.6 Å². The molecule has 0 saturated carbocycles. The van der Waals surface area contributed by atoms with Crippen LogP contribution in [0.5, 0.6) is 0 Å². The van der Waals surface area contributed by atoms with Crippen molar-refractivity contribution in [3.63, 3.8) is 0 Å². The Balaban J connectivity index is 2.33. The molecule has 0 heterocycles. The van der Waals surface area contributed by atoms with Gasteiger partial charge in [-0.15, -0.1) is 0 Å². The van der Waals surface area contributed by atoms with Crippen molar-refractivity contribution < 1.29 is 9.72 Å². The van der Waals surface area contributed by atoms with Crippen LogP contribution in [0.4, 0.5) is 0 Å². The van der Waals surface area contributed by atoms with Crippen molar-refractivity contribution in [1.29, 1.82) is 0 Å². The highest BCUT2D eigenvalue weighted by molar-refractivity contribution is 8.03. The number of nitrogens with zero attached hydrogens (tertiary/aromatic N) is 1. The quantitative estimate of drug-likeness (QED) is 0.603. The number of rotatable bonds is 4. The van der Waals surface area contributed by atoms with Gasteiger partial charge in [-0.25, -0.2) is 0 Å². The molecule has 20 heavy (non-hydrogen) atoms. The van der Waals surface area contributed by atoms with Gasteiger partial charge in [-0.1, -0.05) is 41.0 Å². The van der Waals surface area contributed by atoms with Crippen LogP contribution in [0.1, 0.15) is 13.3 Å². The standard InChI is InChI=1S/C13H9Cl2NO3S/c1-7(17)8-5-10(16(18)19)12(6-8)20-11-4-2-3-9(14)13(11)15/h2-5H,6H2,1H3. The topological polar surface area (TPSA) is 60.2 Å². The second-order valence-corrected chi connectivity index (χ2v) is 6.04. The lowest BCUT2D eigenvalue weighted by Crippen LogP contribution is -1.95. The number of thioether (sulfide) groups is 1. The van der Waals surface area contributed by atoms with Gasteiger partial charge in [0.15, 0.2) is 5.78 Å². The minimum Gasteiger partial charge on any atom is -0.295 e. The number of nitro groups is 1. The first-order valence-electron chi connectivity index (χ1n) is 5.61. The molecule has 0 spiro atoms. The monoisotopic (exact) mass is 329 g/mol. The third-order valence-electron chi connectivity index (χ3n) is 2.75. The number of carbonyl (C=O) groups excluding carboxylic acids is 1. The first-order valence-corrected chi connectivity index (χ1v) is 7.18. The van der Waals surface area contributed by atoms with E-state index >= 15 is 0 Å². The molecule has 104 valence electrons. The maximum Gasteiger partial charge on any atom is 0.279 e. The van der Waals surface area contributed by atoms with Crippen molar-refractivity contribution in [3.8, 4) is 0 Å². The Morgan fingerprint density at radius 3 is 2.70 bits per heavy atom. The molecule has 4 nitrogen and oxygen atoms in total. The van der Waals surface area contributed by atoms with E-state index in [9.17, 15) is 14.9 Å². The summed E-state index contributed by atoms with van der Waals surface area (Å²) in [5, 5.41) is 11.8. The molecule has 0 unspecified atom stereocenters. The van der Waals surface area contributed by atoms with Crippen LogP contribution in [0, 0.1) is 10.1 Å². The molecule has 0 radical (unpaired) electrons. The third-order valence-corrected chi connectivity index (χ3v) is 4.84. The normalized spacial score (nSPS) is 14.4.